The lowest BCUT2D eigenvalue weighted by molar-refractivity contribution is -0.218. The predicted octanol–water partition coefficient (Wildman–Crippen LogP) is 5.96. The van der Waals surface area contributed by atoms with Gasteiger partial charge in [-0.2, -0.15) is 46.7 Å². The molecule has 2 aromatic heterocycles. The fourth-order valence-corrected chi connectivity index (χ4v) is 6.11. The highest BCUT2D eigenvalue weighted by Crippen LogP contribution is 2.49. The molecule has 0 radical (unpaired) electrons. The van der Waals surface area contributed by atoms with Crippen LogP contribution >= 0.6 is 11.6 Å². The standard InChI is InChI=1S/C31H29ClF5N9O4/c1-29(2,31(35,36)37)14-30(18-6-3-16(4-7-18)22-12-39-46(43-22)19-8-9-19)25(48)44(27(42-30)41-28(49)50)23(13-47)17-5-10-21(32)20(11-17)24-38-15-40-45(24)26(33)34/h3-7,10-12,15,19,23,26,47H,8-9,13-14H2,1-2H3,(H,41,42)(H,49,50)/t23?,30-/m1/s1. The van der Waals surface area contributed by atoms with Crippen molar-refractivity contribution in [2.75, 3.05) is 6.61 Å². The number of benzene rings is 2. The first kappa shape index (κ1) is 34.9. The van der Waals surface area contributed by atoms with Gasteiger partial charge in [-0.05, 0) is 42.5 Å². The molecule has 6 rings (SSSR count). The third-order valence-electron chi connectivity index (χ3n) is 8.73. The number of hydrogen-bond donors (Lipinski definition) is 3. The van der Waals surface area contributed by atoms with Crippen LogP contribution in [0.3, 0.4) is 0 Å². The number of alkyl halides is 5. The monoisotopic (exact) mass is 721 g/mol. The van der Waals surface area contributed by atoms with E-state index in [1.807, 2.05) is 0 Å². The normalized spacial score (nSPS) is 19.8. The Bertz CT molecular complexity index is 1960. The number of carbonyl (C=O) groups excluding carboxylic acids is 1. The second kappa shape index (κ2) is 12.7. The van der Waals surface area contributed by atoms with Crippen LogP contribution in [0.15, 0.2) is 60.0 Å². The van der Waals surface area contributed by atoms with Crippen LogP contribution in [0.4, 0.5) is 26.7 Å². The number of carboxylic acid groups (broad SMARTS) is 1. The molecule has 19 heteroatoms. The van der Waals surface area contributed by atoms with Gasteiger partial charge in [-0.3, -0.25) is 9.69 Å². The van der Waals surface area contributed by atoms with Gasteiger partial charge in [0, 0.05) is 11.1 Å². The minimum atomic E-state index is -4.82. The second-order valence-corrected chi connectivity index (χ2v) is 13.0. The molecule has 2 aromatic carbocycles. The highest BCUT2D eigenvalue weighted by Gasteiger charge is 2.60. The van der Waals surface area contributed by atoms with Gasteiger partial charge in [-0.1, -0.05) is 55.8 Å². The van der Waals surface area contributed by atoms with E-state index in [2.05, 4.69) is 30.6 Å². The van der Waals surface area contributed by atoms with Crippen molar-refractivity contribution in [2.45, 2.75) is 63.5 Å². The Hall–Kier alpha value is -4.97. The predicted molar refractivity (Wildman–Crippen MR) is 167 cm³/mol. The molecule has 264 valence electrons. The summed E-state index contributed by atoms with van der Waals surface area (Å²) in [5.41, 5.74) is -3.71. The van der Waals surface area contributed by atoms with Crippen molar-refractivity contribution in [3.05, 3.63) is 71.1 Å². The molecule has 4 aromatic rings. The molecule has 3 heterocycles. The molecule has 1 saturated carbocycles. The molecule has 2 amide bonds. The largest absolute Gasteiger partial charge is 0.463 e. The molecule has 2 fully saturated rings. The first-order chi connectivity index (χ1) is 23.6. The van der Waals surface area contributed by atoms with Gasteiger partial charge >= 0.3 is 18.8 Å². The van der Waals surface area contributed by atoms with Crippen LogP contribution in [0, 0.1) is 5.41 Å². The number of rotatable bonds is 10. The van der Waals surface area contributed by atoms with Crippen LogP contribution < -0.4 is 5.32 Å². The summed E-state index contributed by atoms with van der Waals surface area (Å²) in [6.45, 7) is -2.20. The Morgan fingerprint density at radius 2 is 1.84 bits per heavy atom. The topological polar surface area (TPSA) is 164 Å². The van der Waals surface area contributed by atoms with E-state index < -0.39 is 60.7 Å². The number of hydrogen-bond acceptors (Lipinski definition) is 7. The number of aliphatic hydroxyl groups is 1. The van der Waals surface area contributed by atoms with E-state index in [9.17, 15) is 41.8 Å². The maximum Gasteiger partial charge on any atom is 0.434 e. The average molecular weight is 722 g/mol. The Kier molecular flexibility index (Phi) is 8.88. The minimum Gasteiger partial charge on any atom is -0.463 e. The maximum atomic E-state index is 14.7. The van der Waals surface area contributed by atoms with Gasteiger partial charge < -0.3 is 15.5 Å². The maximum absolute atomic E-state index is 14.7. The summed E-state index contributed by atoms with van der Waals surface area (Å²) < 4.78 is 70.9. The average Bonchev–Trinajstić information content (AvgIpc) is 3.45. The first-order valence-electron chi connectivity index (χ1n) is 15.2. The van der Waals surface area contributed by atoms with Gasteiger partial charge in [0.05, 0.1) is 35.3 Å². The molecule has 13 nitrogen and oxygen atoms in total. The van der Waals surface area contributed by atoms with E-state index in [0.29, 0.717) is 15.9 Å². The summed E-state index contributed by atoms with van der Waals surface area (Å²) in [6, 6.07) is 8.53. The van der Waals surface area contributed by atoms with Crippen molar-refractivity contribution >= 4 is 29.6 Å². The number of nitrogens with one attached hydrogen (secondary N) is 1. The quantitative estimate of drug-likeness (QED) is 0.168. The third-order valence-corrected chi connectivity index (χ3v) is 9.06. The summed E-state index contributed by atoms with van der Waals surface area (Å²) in [4.78, 5) is 36.3. The first-order valence-corrected chi connectivity index (χ1v) is 15.6. The molecule has 2 atom stereocenters. The van der Waals surface area contributed by atoms with Gasteiger partial charge in [0.15, 0.2) is 5.82 Å². The Labute approximate surface area is 285 Å². The number of aliphatic imine (C=N–C) groups is 1. The lowest BCUT2D eigenvalue weighted by atomic mass is 9.74. The van der Waals surface area contributed by atoms with E-state index in [-0.39, 0.29) is 33.6 Å². The van der Waals surface area contributed by atoms with Crippen molar-refractivity contribution < 1.29 is 41.8 Å². The SMILES string of the molecule is CC(C)(C[C@]1(c2ccc(-c3cnn(C4CC4)n3)cc2)NC(=NC(=O)O)N(C(CO)c2ccc(Cl)c(-c3ncnn3C(F)F)c2)C1=O)C(F)(F)F. The van der Waals surface area contributed by atoms with Gasteiger partial charge in [-0.25, -0.2) is 9.78 Å². The Morgan fingerprint density at radius 3 is 2.44 bits per heavy atom. The number of carbonyl (C=O) groups is 2. The van der Waals surface area contributed by atoms with Gasteiger partial charge in [-0.15, -0.1) is 4.99 Å². The van der Waals surface area contributed by atoms with Crippen LogP contribution in [0.25, 0.3) is 22.6 Å². The second-order valence-electron chi connectivity index (χ2n) is 12.6. The Balaban J connectivity index is 1.46. The summed E-state index contributed by atoms with van der Waals surface area (Å²) >= 11 is 6.32. The van der Waals surface area contributed by atoms with Crippen LogP contribution in [-0.4, -0.2) is 75.6 Å². The number of halogens is 6. The summed E-state index contributed by atoms with van der Waals surface area (Å²) in [6.07, 6.45) is -3.22. The number of nitrogens with zero attached hydrogens (tertiary/aromatic N) is 8. The van der Waals surface area contributed by atoms with Crippen LogP contribution in [0.2, 0.25) is 5.02 Å². The highest BCUT2D eigenvalue weighted by molar-refractivity contribution is 6.33. The van der Waals surface area contributed by atoms with Gasteiger partial charge in [0.1, 0.15) is 17.6 Å². The summed E-state index contributed by atoms with van der Waals surface area (Å²) in [5.74, 6) is -2.08. The molecule has 0 spiro atoms. The zero-order chi connectivity index (χ0) is 36.2. The summed E-state index contributed by atoms with van der Waals surface area (Å²) in [7, 11) is 0. The summed E-state index contributed by atoms with van der Waals surface area (Å²) in [5, 5.41) is 35.2. The molecule has 3 N–H and O–H groups in total. The molecular weight excluding hydrogens is 693 g/mol. The van der Waals surface area contributed by atoms with Crippen LogP contribution in [0.1, 0.15) is 62.9 Å². The molecule has 2 aliphatic rings. The molecular formula is C31H29ClF5N9O4. The van der Waals surface area contributed by atoms with Crippen LogP contribution in [0.5, 0.6) is 0 Å². The zero-order valence-corrected chi connectivity index (χ0v) is 27.1. The van der Waals surface area contributed by atoms with E-state index in [0.717, 1.165) is 37.9 Å². The van der Waals surface area contributed by atoms with Crippen molar-refractivity contribution in [2.24, 2.45) is 10.4 Å². The Morgan fingerprint density at radius 1 is 1.14 bits per heavy atom. The van der Waals surface area contributed by atoms with Crippen molar-refractivity contribution in [1.29, 1.82) is 0 Å². The van der Waals surface area contributed by atoms with Gasteiger partial charge in [0.2, 0.25) is 5.96 Å². The molecule has 1 aliphatic carbocycles. The third kappa shape index (κ3) is 6.28. The van der Waals surface area contributed by atoms with Crippen LogP contribution in [-0.2, 0) is 10.3 Å². The molecule has 50 heavy (non-hydrogen) atoms. The van der Waals surface area contributed by atoms with E-state index in [1.54, 1.807) is 23.1 Å². The van der Waals surface area contributed by atoms with E-state index in [1.165, 1.54) is 30.3 Å². The van der Waals surface area contributed by atoms with Crippen molar-refractivity contribution in [3.8, 4) is 22.6 Å². The van der Waals surface area contributed by atoms with E-state index in [4.69, 9.17) is 11.6 Å². The fourth-order valence-electron chi connectivity index (χ4n) is 5.91. The highest BCUT2D eigenvalue weighted by atomic mass is 35.5. The molecule has 1 aliphatic heterocycles. The lowest BCUT2D eigenvalue weighted by Crippen LogP contribution is -2.50. The molecule has 1 saturated heterocycles. The van der Waals surface area contributed by atoms with Crippen molar-refractivity contribution in [1.82, 2.24) is 40.0 Å². The minimum absolute atomic E-state index is 0.0391. The van der Waals surface area contributed by atoms with E-state index >= 15 is 0 Å². The van der Waals surface area contributed by atoms with Gasteiger partial charge in [0.25, 0.3) is 5.91 Å². The smallest absolute Gasteiger partial charge is 0.434 e. The number of aliphatic hydroxyl groups excluding tert-OH is 1. The molecule has 0 bridgehead atoms. The number of amides is 2. The number of aromatic nitrogens is 6. The fraction of sp³-hybridized carbons (Fsp3) is 0.387. The number of guanidine groups is 1. The zero-order valence-electron chi connectivity index (χ0n) is 26.3. The molecule has 1 unspecified atom stereocenters. The lowest BCUT2D eigenvalue weighted by Gasteiger charge is -2.37. The van der Waals surface area contributed by atoms with Crippen molar-refractivity contribution in [3.63, 3.8) is 0 Å².